The fraction of sp³-hybridized carbons (Fsp3) is 0.565. The van der Waals surface area contributed by atoms with Crippen molar-refractivity contribution in [2.75, 3.05) is 46.2 Å². The molecule has 0 saturated carbocycles. The van der Waals surface area contributed by atoms with Gasteiger partial charge in [-0.05, 0) is 75.9 Å². The highest BCUT2D eigenvalue weighted by Gasteiger charge is 2.50. The summed E-state index contributed by atoms with van der Waals surface area (Å²) in [7, 11) is 2.52. The lowest BCUT2D eigenvalue weighted by Crippen LogP contribution is -2.66. The lowest BCUT2D eigenvalue weighted by Gasteiger charge is -2.43. The van der Waals surface area contributed by atoms with Gasteiger partial charge in [0.05, 0.1) is 36.6 Å². The summed E-state index contributed by atoms with van der Waals surface area (Å²) in [6.45, 7) is 17.5. The van der Waals surface area contributed by atoms with Gasteiger partial charge in [-0.2, -0.15) is 0 Å². The second kappa shape index (κ2) is 22.2. The molecule has 0 aliphatic carbocycles. The Morgan fingerprint density at radius 2 is 1.42 bits per heavy atom. The molecule has 0 radical (unpaired) electrons. The van der Waals surface area contributed by atoms with Crippen LogP contribution in [0.2, 0.25) is 5.04 Å². The monoisotopic (exact) mass is 808 g/mol. The minimum atomic E-state index is -2.69. The van der Waals surface area contributed by atoms with E-state index in [1.165, 1.54) is 33.9 Å². The maximum absolute atomic E-state index is 7.42. The standard InChI is InChI=1S/C46H68O6S2Si/c1-11-36(33-52-55(45(3,4)5,40-19-14-12-15-20-40)41-21-16-13-17-22-41)29-35(2)42(50-32-37-23-25-38(48-9)26-24-37)30-39(49-10)31-43(51-34-47-8)46(6,7)44-53-27-18-28-54-44/h12-17,19-26,29,36,39,42-44H,11,18,27-28,30-34H2,1-10H3/b35-29-/t36-,39-,42-,43+/m1/s1. The largest absolute Gasteiger partial charge is 0.497 e. The molecule has 3 aromatic rings. The van der Waals surface area contributed by atoms with Crippen molar-refractivity contribution in [1.29, 1.82) is 0 Å². The van der Waals surface area contributed by atoms with Crippen molar-refractivity contribution in [3.05, 3.63) is 102 Å². The van der Waals surface area contributed by atoms with Crippen LogP contribution in [-0.4, -0.2) is 77.4 Å². The Labute approximate surface area is 343 Å². The van der Waals surface area contributed by atoms with Gasteiger partial charge in [0.2, 0.25) is 0 Å². The molecular weight excluding hydrogens is 741 g/mol. The molecule has 6 nitrogen and oxygen atoms in total. The van der Waals surface area contributed by atoms with E-state index < -0.39 is 8.32 Å². The zero-order valence-electron chi connectivity index (χ0n) is 35.2. The molecule has 1 aliphatic heterocycles. The molecule has 4 atom stereocenters. The van der Waals surface area contributed by atoms with Crippen molar-refractivity contribution in [3.63, 3.8) is 0 Å². The number of hydrogen-bond donors (Lipinski definition) is 0. The quantitative estimate of drug-likeness (QED) is 0.0565. The van der Waals surface area contributed by atoms with Gasteiger partial charge in [-0.25, -0.2) is 0 Å². The van der Waals surface area contributed by atoms with E-state index in [9.17, 15) is 0 Å². The van der Waals surface area contributed by atoms with Crippen LogP contribution in [0, 0.1) is 11.3 Å². The van der Waals surface area contributed by atoms with Crippen LogP contribution in [0.15, 0.2) is 96.6 Å². The SMILES string of the molecule is CC[C@H](/C=C(/C)[C@@H](C[C@H](C[C@H](OCOC)C(C)(C)C1SCCCS1)OC)OCc1ccc(OC)cc1)CO[Si](c1ccccc1)(c1ccccc1)C(C)(C)C. The summed E-state index contributed by atoms with van der Waals surface area (Å²) in [6, 6.07) is 29.9. The Kier molecular flexibility index (Phi) is 18.4. The molecule has 4 rings (SSSR count). The van der Waals surface area contributed by atoms with Crippen LogP contribution < -0.4 is 15.1 Å². The van der Waals surface area contributed by atoms with Crippen LogP contribution in [0.1, 0.15) is 79.7 Å². The fourth-order valence-corrected chi connectivity index (χ4v) is 15.6. The van der Waals surface area contributed by atoms with E-state index >= 15 is 0 Å². The Hall–Kier alpha value is -2.08. The molecule has 1 heterocycles. The summed E-state index contributed by atoms with van der Waals surface area (Å²) in [6.07, 6.45) is 5.76. The Morgan fingerprint density at radius 3 is 1.93 bits per heavy atom. The smallest absolute Gasteiger partial charge is 0.261 e. The van der Waals surface area contributed by atoms with E-state index in [2.05, 4.69) is 151 Å². The molecule has 0 amide bonds. The van der Waals surface area contributed by atoms with Gasteiger partial charge in [0.1, 0.15) is 12.5 Å². The zero-order chi connectivity index (χ0) is 39.9. The van der Waals surface area contributed by atoms with Crippen LogP contribution in [0.4, 0.5) is 0 Å². The number of hydrogen-bond acceptors (Lipinski definition) is 8. The predicted molar refractivity (Wildman–Crippen MR) is 237 cm³/mol. The number of thioether (sulfide) groups is 2. The van der Waals surface area contributed by atoms with Crippen LogP contribution >= 0.6 is 23.5 Å². The first-order chi connectivity index (χ1) is 26.4. The van der Waals surface area contributed by atoms with Crippen LogP contribution in [0.5, 0.6) is 5.75 Å². The Bertz CT molecular complexity index is 1500. The summed E-state index contributed by atoms with van der Waals surface area (Å²) in [4.78, 5) is 0. The lowest BCUT2D eigenvalue weighted by atomic mass is 9.83. The van der Waals surface area contributed by atoms with Gasteiger partial charge in [-0.1, -0.05) is 120 Å². The van der Waals surface area contributed by atoms with Crippen molar-refractivity contribution in [1.82, 2.24) is 0 Å². The third kappa shape index (κ3) is 12.5. The molecule has 0 spiro atoms. The first-order valence-electron chi connectivity index (χ1n) is 19.9. The molecule has 1 fully saturated rings. The minimum absolute atomic E-state index is 0.0460. The second-order valence-corrected chi connectivity index (χ2v) is 23.4. The van der Waals surface area contributed by atoms with E-state index in [-0.39, 0.29) is 41.5 Å². The normalized spacial score (nSPS) is 17.1. The molecule has 304 valence electrons. The molecule has 0 aromatic heterocycles. The Balaban J connectivity index is 1.63. The molecule has 55 heavy (non-hydrogen) atoms. The van der Waals surface area contributed by atoms with E-state index in [0.717, 1.165) is 24.2 Å². The molecule has 0 bridgehead atoms. The molecule has 1 saturated heterocycles. The third-order valence-electron chi connectivity index (χ3n) is 11.0. The average Bonchev–Trinajstić information content (AvgIpc) is 3.20. The zero-order valence-corrected chi connectivity index (χ0v) is 37.8. The summed E-state index contributed by atoms with van der Waals surface area (Å²) in [5, 5.41) is 2.50. The highest BCUT2D eigenvalue weighted by molar-refractivity contribution is 8.17. The number of benzene rings is 3. The van der Waals surface area contributed by atoms with Gasteiger partial charge in [0.25, 0.3) is 8.32 Å². The molecular formula is C46H68O6S2Si. The number of methoxy groups -OCH3 is 3. The molecule has 0 N–H and O–H groups in total. The molecule has 3 aromatic carbocycles. The highest BCUT2D eigenvalue weighted by atomic mass is 32.2. The summed E-state index contributed by atoms with van der Waals surface area (Å²) in [5.41, 5.74) is 2.21. The van der Waals surface area contributed by atoms with Gasteiger partial charge < -0.3 is 28.1 Å². The summed E-state index contributed by atoms with van der Waals surface area (Å²) in [5.74, 6) is 3.42. The first-order valence-corrected chi connectivity index (χ1v) is 23.9. The molecule has 0 unspecified atom stereocenters. The van der Waals surface area contributed by atoms with Crippen molar-refractivity contribution in [3.8, 4) is 5.75 Å². The topological polar surface area (TPSA) is 55.4 Å². The maximum atomic E-state index is 7.42. The summed E-state index contributed by atoms with van der Waals surface area (Å²) >= 11 is 4.11. The van der Waals surface area contributed by atoms with E-state index in [1.54, 1.807) is 14.2 Å². The van der Waals surface area contributed by atoms with Crippen molar-refractivity contribution < 1.29 is 28.1 Å². The maximum Gasteiger partial charge on any atom is 0.261 e. The molecule has 1 aliphatic rings. The summed E-state index contributed by atoms with van der Waals surface area (Å²) < 4.78 is 38.3. The van der Waals surface area contributed by atoms with E-state index in [0.29, 0.717) is 24.2 Å². The van der Waals surface area contributed by atoms with Crippen LogP contribution in [0.3, 0.4) is 0 Å². The number of ether oxygens (including phenoxy) is 5. The average molecular weight is 809 g/mol. The van der Waals surface area contributed by atoms with Gasteiger partial charge in [-0.3, -0.25) is 0 Å². The third-order valence-corrected chi connectivity index (χ3v) is 19.7. The van der Waals surface area contributed by atoms with Gasteiger partial charge >= 0.3 is 0 Å². The van der Waals surface area contributed by atoms with Crippen molar-refractivity contribution >= 4 is 42.2 Å². The van der Waals surface area contributed by atoms with E-state index in [4.69, 9.17) is 28.1 Å². The number of rotatable bonds is 22. The highest BCUT2D eigenvalue weighted by Crippen LogP contribution is 2.47. The molecule has 9 heteroatoms. The Morgan fingerprint density at radius 1 is 0.818 bits per heavy atom. The second-order valence-electron chi connectivity index (χ2n) is 16.3. The lowest BCUT2D eigenvalue weighted by molar-refractivity contribution is -0.126. The minimum Gasteiger partial charge on any atom is -0.497 e. The predicted octanol–water partition coefficient (Wildman–Crippen LogP) is 10.1. The van der Waals surface area contributed by atoms with Crippen molar-refractivity contribution in [2.24, 2.45) is 11.3 Å². The first kappa shape index (κ1) is 45.6. The van der Waals surface area contributed by atoms with Gasteiger partial charge in [-0.15, -0.1) is 23.5 Å². The fourth-order valence-electron chi connectivity index (χ4n) is 7.63. The van der Waals surface area contributed by atoms with Gasteiger partial charge in [0, 0.05) is 39.1 Å². The van der Waals surface area contributed by atoms with Crippen molar-refractivity contribution in [2.45, 2.75) is 109 Å². The van der Waals surface area contributed by atoms with Crippen LogP contribution in [-0.2, 0) is 30.0 Å². The van der Waals surface area contributed by atoms with Crippen LogP contribution in [0.25, 0.3) is 0 Å². The van der Waals surface area contributed by atoms with E-state index in [1.807, 2.05) is 19.2 Å². The van der Waals surface area contributed by atoms with Gasteiger partial charge in [0.15, 0.2) is 0 Å².